The first-order chi connectivity index (χ1) is 13.6. The van der Waals surface area contributed by atoms with Crippen LogP contribution in [0.3, 0.4) is 0 Å². The summed E-state index contributed by atoms with van der Waals surface area (Å²) in [6.07, 6.45) is 1.09. The standard InChI is InChI=1S/C22H16N2O3S/c25-21-19(28-22(26)24-21)11-14-6-8-18-17(10-14)23-20(27-18)12-13-5-7-15-3-1-2-4-16(15)9-13/h1-10,25H,11-12H2,(H,24,26). The van der Waals surface area contributed by atoms with Gasteiger partial charge in [0.05, 0.1) is 4.88 Å². The maximum Gasteiger partial charge on any atom is 0.307 e. The van der Waals surface area contributed by atoms with E-state index in [1.54, 1.807) is 0 Å². The van der Waals surface area contributed by atoms with E-state index in [-0.39, 0.29) is 10.8 Å². The van der Waals surface area contributed by atoms with Gasteiger partial charge in [0.2, 0.25) is 5.88 Å². The molecule has 0 bridgehead atoms. The summed E-state index contributed by atoms with van der Waals surface area (Å²) in [4.78, 5) is 18.7. The van der Waals surface area contributed by atoms with E-state index in [9.17, 15) is 9.90 Å². The van der Waals surface area contributed by atoms with E-state index in [2.05, 4.69) is 40.3 Å². The van der Waals surface area contributed by atoms with E-state index in [1.807, 2.05) is 30.3 Å². The molecule has 5 rings (SSSR count). The Morgan fingerprint density at radius 1 is 0.964 bits per heavy atom. The molecular weight excluding hydrogens is 372 g/mol. The van der Waals surface area contributed by atoms with Gasteiger partial charge in [0.1, 0.15) is 5.52 Å². The molecule has 0 spiro atoms. The highest BCUT2D eigenvalue weighted by Gasteiger charge is 2.11. The maximum atomic E-state index is 11.3. The third-order valence-electron chi connectivity index (χ3n) is 4.73. The number of nitrogens with one attached hydrogen (secondary N) is 1. The first-order valence-electron chi connectivity index (χ1n) is 8.91. The fourth-order valence-electron chi connectivity index (χ4n) is 3.39. The molecule has 0 aliphatic carbocycles. The van der Waals surface area contributed by atoms with Crippen LogP contribution in [-0.4, -0.2) is 15.1 Å². The van der Waals surface area contributed by atoms with Crippen LogP contribution in [0.25, 0.3) is 21.9 Å². The van der Waals surface area contributed by atoms with Gasteiger partial charge in [-0.25, -0.2) is 4.98 Å². The first kappa shape index (κ1) is 16.8. The van der Waals surface area contributed by atoms with E-state index in [0.717, 1.165) is 33.6 Å². The fourth-order valence-corrected chi connectivity index (χ4v) is 4.15. The molecule has 0 radical (unpaired) electrons. The monoisotopic (exact) mass is 388 g/mol. The van der Waals surface area contributed by atoms with Crippen molar-refractivity contribution in [3.63, 3.8) is 0 Å². The average Bonchev–Trinajstić information content (AvgIpc) is 3.23. The zero-order chi connectivity index (χ0) is 19.1. The van der Waals surface area contributed by atoms with E-state index in [1.165, 1.54) is 10.8 Å². The Hall–Kier alpha value is -3.38. The molecule has 0 fully saturated rings. The Morgan fingerprint density at radius 3 is 2.57 bits per heavy atom. The van der Waals surface area contributed by atoms with Crippen molar-refractivity contribution in [2.75, 3.05) is 0 Å². The van der Waals surface area contributed by atoms with Crippen LogP contribution in [0.2, 0.25) is 0 Å². The highest BCUT2D eigenvalue weighted by Crippen LogP contribution is 2.25. The minimum Gasteiger partial charge on any atom is -0.494 e. The molecule has 5 nitrogen and oxygen atoms in total. The molecule has 0 atom stereocenters. The molecule has 2 heterocycles. The smallest absolute Gasteiger partial charge is 0.307 e. The molecule has 6 heteroatoms. The van der Waals surface area contributed by atoms with Gasteiger partial charge in [-0.05, 0) is 34.0 Å². The summed E-state index contributed by atoms with van der Waals surface area (Å²) in [5.74, 6) is 0.601. The van der Waals surface area contributed by atoms with Crippen molar-refractivity contribution in [3.8, 4) is 5.88 Å². The predicted octanol–water partition coefficient (Wildman–Crippen LogP) is 4.62. The third kappa shape index (κ3) is 3.18. The normalized spacial score (nSPS) is 11.4. The van der Waals surface area contributed by atoms with E-state index in [4.69, 9.17) is 4.42 Å². The van der Waals surface area contributed by atoms with Crippen molar-refractivity contribution < 1.29 is 9.52 Å². The molecule has 0 saturated heterocycles. The summed E-state index contributed by atoms with van der Waals surface area (Å²) >= 11 is 1.02. The van der Waals surface area contributed by atoms with Crippen molar-refractivity contribution in [3.05, 3.63) is 92.2 Å². The number of rotatable bonds is 4. The summed E-state index contributed by atoms with van der Waals surface area (Å²) in [5.41, 5.74) is 3.61. The lowest BCUT2D eigenvalue weighted by Gasteiger charge is -2.01. The number of thiazole rings is 1. The lowest BCUT2D eigenvalue weighted by atomic mass is 10.1. The highest BCUT2D eigenvalue weighted by molar-refractivity contribution is 7.09. The average molecular weight is 388 g/mol. The Morgan fingerprint density at radius 2 is 1.75 bits per heavy atom. The summed E-state index contributed by atoms with van der Waals surface area (Å²) in [7, 11) is 0. The number of fused-ring (bicyclic) bond motifs is 2. The lowest BCUT2D eigenvalue weighted by molar-refractivity contribution is 0.451. The number of benzene rings is 3. The van der Waals surface area contributed by atoms with Gasteiger partial charge in [-0.2, -0.15) is 0 Å². The molecular formula is C22H16N2O3S. The number of hydrogen-bond acceptors (Lipinski definition) is 5. The molecule has 3 aromatic carbocycles. The summed E-state index contributed by atoms with van der Waals surface area (Å²) in [6.45, 7) is 0. The van der Waals surface area contributed by atoms with Crippen molar-refractivity contribution in [2.24, 2.45) is 0 Å². The minimum atomic E-state index is -0.257. The van der Waals surface area contributed by atoms with Gasteiger partial charge in [-0.3, -0.25) is 9.78 Å². The number of aromatic amines is 1. The Balaban J connectivity index is 1.42. The maximum absolute atomic E-state index is 11.3. The number of hydrogen-bond donors (Lipinski definition) is 2. The van der Waals surface area contributed by atoms with Gasteiger partial charge in [0.15, 0.2) is 11.5 Å². The van der Waals surface area contributed by atoms with Crippen LogP contribution in [-0.2, 0) is 12.8 Å². The largest absolute Gasteiger partial charge is 0.494 e. The van der Waals surface area contributed by atoms with E-state index in [0.29, 0.717) is 23.6 Å². The second kappa shape index (κ2) is 6.65. The van der Waals surface area contributed by atoms with Gasteiger partial charge in [-0.15, -0.1) is 0 Å². The van der Waals surface area contributed by atoms with Crippen molar-refractivity contribution in [1.82, 2.24) is 9.97 Å². The van der Waals surface area contributed by atoms with Crippen LogP contribution in [0.5, 0.6) is 5.88 Å². The second-order valence-corrected chi connectivity index (χ2v) is 7.80. The Labute approximate surface area is 163 Å². The zero-order valence-electron chi connectivity index (χ0n) is 14.8. The second-order valence-electron chi connectivity index (χ2n) is 6.73. The van der Waals surface area contributed by atoms with Gasteiger partial charge in [0, 0.05) is 12.8 Å². The SMILES string of the molecule is O=c1[nH]c(O)c(Cc2ccc3oc(Cc4ccc5ccccc5c4)nc3c2)s1. The molecule has 0 aliphatic heterocycles. The van der Waals surface area contributed by atoms with Crippen LogP contribution in [0.15, 0.2) is 69.9 Å². The molecule has 0 saturated carbocycles. The van der Waals surface area contributed by atoms with Gasteiger partial charge < -0.3 is 9.52 Å². The molecule has 28 heavy (non-hydrogen) atoms. The quantitative estimate of drug-likeness (QED) is 0.471. The van der Waals surface area contributed by atoms with E-state index >= 15 is 0 Å². The number of nitrogens with zero attached hydrogens (tertiary/aromatic N) is 1. The van der Waals surface area contributed by atoms with Crippen LogP contribution in [0, 0.1) is 0 Å². The Bertz CT molecular complexity index is 1360. The molecule has 5 aromatic rings. The predicted molar refractivity (Wildman–Crippen MR) is 110 cm³/mol. The third-order valence-corrected chi connectivity index (χ3v) is 5.60. The van der Waals surface area contributed by atoms with Crippen LogP contribution in [0.1, 0.15) is 21.9 Å². The molecule has 0 unspecified atom stereocenters. The topological polar surface area (TPSA) is 79.1 Å². The minimum absolute atomic E-state index is 0.0627. The molecule has 2 aromatic heterocycles. The van der Waals surface area contributed by atoms with Crippen molar-refractivity contribution in [2.45, 2.75) is 12.8 Å². The first-order valence-corrected chi connectivity index (χ1v) is 9.73. The van der Waals surface area contributed by atoms with Crippen molar-refractivity contribution >= 4 is 33.2 Å². The lowest BCUT2D eigenvalue weighted by Crippen LogP contribution is -1.89. The van der Waals surface area contributed by atoms with Crippen LogP contribution >= 0.6 is 11.3 Å². The number of aromatic nitrogens is 2. The molecule has 138 valence electrons. The van der Waals surface area contributed by atoms with Crippen molar-refractivity contribution in [1.29, 1.82) is 0 Å². The van der Waals surface area contributed by atoms with Gasteiger partial charge in [-0.1, -0.05) is 59.9 Å². The summed E-state index contributed by atoms with van der Waals surface area (Å²) in [5, 5.41) is 12.2. The van der Waals surface area contributed by atoms with Gasteiger partial charge in [0.25, 0.3) is 0 Å². The zero-order valence-corrected chi connectivity index (χ0v) is 15.6. The number of oxazole rings is 1. The van der Waals surface area contributed by atoms with Crippen LogP contribution < -0.4 is 4.87 Å². The fraction of sp³-hybridized carbons (Fsp3) is 0.0909. The van der Waals surface area contributed by atoms with Crippen LogP contribution in [0.4, 0.5) is 0 Å². The Kier molecular flexibility index (Phi) is 3.98. The van der Waals surface area contributed by atoms with E-state index < -0.39 is 0 Å². The summed E-state index contributed by atoms with van der Waals surface area (Å²) in [6, 6.07) is 20.4. The number of aromatic hydroxyl groups is 1. The highest BCUT2D eigenvalue weighted by atomic mass is 32.1. The molecule has 2 N–H and O–H groups in total. The summed E-state index contributed by atoms with van der Waals surface area (Å²) < 4.78 is 5.90. The van der Waals surface area contributed by atoms with Gasteiger partial charge >= 0.3 is 4.87 Å². The number of H-pyrrole nitrogens is 1. The molecule has 0 amide bonds. The molecule has 0 aliphatic rings.